The Balaban J connectivity index is 1.47. The highest BCUT2D eigenvalue weighted by molar-refractivity contribution is 6.04. The smallest absolute Gasteiger partial charge is 0.264 e. The van der Waals surface area contributed by atoms with Crippen LogP contribution in [0.25, 0.3) is 22.1 Å². The van der Waals surface area contributed by atoms with Crippen LogP contribution < -0.4 is 16.6 Å². The molecule has 9 nitrogen and oxygen atoms in total. The predicted molar refractivity (Wildman–Crippen MR) is 158 cm³/mol. The van der Waals surface area contributed by atoms with Gasteiger partial charge in [-0.1, -0.05) is 42.2 Å². The lowest BCUT2D eigenvalue weighted by atomic mass is 10.0. The van der Waals surface area contributed by atoms with Crippen LogP contribution in [0.2, 0.25) is 0 Å². The molecule has 6 aromatic rings. The van der Waals surface area contributed by atoms with E-state index in [2.05, 4.69) is 32.2 Å². The summed E-state index contributed by atoms with van der Waals surface area (Å²) in [5, 5.41) is 8.38. The van der Waals surface area contributed by atoms with Crippen molar-refractivity contribution < 1.29 is 4.79 Å². The standard InChI is InChI=1S/C32H25N7O2/c1-20-12-13-22(19-35-20)14-15-23-8-6-9-24-18-26(39(32(41)27(23)24)25-10-4-3-5-11-25)21(2)36-31(40)28-29(33)37-38-17-7-16-34-30(28)38/h3-13,16-19,21H,1-2H3,(H2,33,37)(H,36,40)/t21-/m0/s1. The van der Waals surface area contributed by atoms with Crippen LogP contribution in [0.4, 0.5) is 5.82 Å². The average Bonchev–Trinajstić information content (AvgIpc) is 3.32. The summed E-state index contributed by atoms with van der Waals surface area (Å²) in [6, 6.07) is 21.7. The molecule has 4 aromatic heterocycles. The Morgan fingerprint density at radius 2 is 1.83 bits per heavy atom. The number of aryl methyl sites for hydroxylation is 1. The van der Waals surface area contributed by atoms with Gasteiger partial charge in [0.1, 0.15) is 5.56 Å². The van der Waals surface area contributed by atoms with Crippen molar-refractivity contribution in [3.05, 3.63) is 130 Å². The maximum Gasteiger partial charge on any atom is 0.264 e. The van der Waals surface area contributed by atoms with Crippen molar-refractivity contribution in [3.8, 4) is 17.5 Å². The molecule has 0 aliphatic rings. The monoisotopic (exact) mass is 539 g/mol. The lowest BCUT2D eigenvalue weighted by Gasteiger charge is -2.21. The maximum absolute atomic E-state index is 14.2. The molecule has 0 aliphatic carbocycles. The molecule has 0 spiro atoms. The van der Waals surface area contributed by atoms with E-state index in [1.54, 1.807) is 29.2 Å². The maximum atomic E-state index is 14.2. The molecule has 0 unspecified atom stereocenters. The van der Waals surface area contributed by atoms with E-state index in [9.17, 15) is 9.59 Å². The highest BCUT2D eigenvalue weighted by atomic mass is 16.2. The predicted octanol–water partition coefficient (Wildman–Crippen LogP) is 4.21. The molecule has 9 heteroatoms. The van der Waals surface area contributed by atoms with E-state index in [4.69, 9.17) is 5.73 Å². The number of nitrogens with two attached hydrogens (primary N) is 1. The summed E-state index contributed by atoms with van der Waals surface area (Å²) < 4.78 is 3.07. The fourth-order valence-electron chi connectivity index (χ4n) is 4.79. The number of benzene rings is 2. The number of hydrogen-bond donors (Lipinski definition) is 2. The first kappa shape index (κ1) is 25.5. The third-order valence-corrected chi connectivity index (χ3v) is 6.78. The van der Waals surface area contributed by atoms with Gasteiger partial charge in [-0.05, 0) is 61.7 Å². The topological polar surface area (TPSA) is 120 Å². The van der Waals surface area contributed by atoms with Gasteiger partial charge in [0.15, 0.2) is 11.5 Å². The molecule has 0 saturated carbocycles. The molecule has 1 atom stereocenters. The molecule has 6 rings (SSSR count). The molecule has 0 bridgehead atoms. The third kappa shape index (κ3) is 4.79. The number of pyridine rings is 2. The Hall–Kier alpha value is -5.75. The van der Waals surface area contributed by atoms with Crippen molar-refractivity contribution in [2.75, 3.05) is 5.73 Å². The fraction of sp³-hybridized carbons (Fsp3) is 0.0938. The molecule has 0 aliphatic heterocycles. The Bertz CT molecular complexity index is 2050. The third-order valence-electron chi connectivity index (χ3n) is 6.78. The van der Waals surface area contributed by atoms with Crippen molar-refractivity contribution in [2.24, 2.45) is 0 Å². The Morgan fingerprint density at radius 3 is 2.61 bits per heavy atom. The van der Waals surface area contributed by atoms with Crippen LogP contribution in [-0.2, 0) is 0 Å². The highest BCUT2D eigenvalue weighted by Crippen LogP contribution is 2.24. The number of aromatic nitrogens is 5. The van der Waals surface area contributed by atoms with Gasteiger partial charge in [0, 0.05) is 46.8 Å². The summed E-state index contributed by atoms with van der Waals surface area (Å²) in [6.07, 6.45) is 4.96. The molecule has 0 radical (unpaired) electrons. The SMILES string of the molecule is Cc1ccc(C#Cc2cccc3cc([C@H](C)NC(=O)c4c(N)nn5cccnc45)n(-c4ccccc4)c(=O)c23)cn1. The van der Waals surface area contributed by atoms with Gasteiger partial charge in [0.2, 0.25) is 0 Å². The molecule has 0 saturated heterocycles. The molecular weight excluding hydrogens is 514 g/mol. The van der Waals surface area contributed by atoms with E-state index in [0.29, 0.717) is 33.4 Å². The quantitative estimate of drug-likeness (QED) is 0.324. The number of anilines is 1. The van der Waals surface area contributed by atoms with E-state index < -0.39 is 11.9 Å². The van der Waals surface area contributed by atoms with Crippen LogP contribution in [0.15, 0.2) is 96.2 Å². The van der Waals surface area contributed by atoms with Crippen LogP contribution >= 0.6 is 0 Å². The zero-order valence-corrected chi connectivity index (χ0v) is 22.4. The molecule has 1 amide bonds. The van der Waals surface area contributed by atoms with Gasteiger partial charge < -0.3 is 11.1 Å². The van der Waals surface area contributed by atoms with Gasteiger partial charge in [0.05, 0.1) is 11.4 Å². The van der Waals surface area contributed by atoms with Gasteiger partial charge in [-0.3, -0.25) is 19.1 Å². The zero-order valence-electron chi connectivity index (χ0n) is 22.4. The lowest BCUT2D eigenvalue weighted by molar-refractivity contribution is 0.0941. The second-order valence-corrected chi connectivity index (χ2v) is 9.60. The minimum atomic E-state index is -0.578. The average molecular weight is 540 g/mol. The zero-order chi connectivity index (χ0) is 28.5. The minimum Gasteiger partial charge on any atom is -0.381 e. The van der Waals surface area contributed by atoms with Crippen LogP contribution in [0.3, 0.4) is 0 Å². The molecule has 2 aromatic carbocycles. The Labute approximate surface area is 235 Å². The molecule has 4 heterocycles. The van der Waals surface area contributed by atoms with Crippen LogP contribution in [0, 0.1) is 18.8 Å². The van der Waals surface area contributed by atoms with Crippen LogP contribution in [0.5, 0.6) is 0 Å². The van der Waals surface area contributed by atoms with Crippen LogP contribution in [0.1, 0.15) is 45.8 Å². The van der Waals surface area contributed by atoms with Gasteiger partial charge >= 0.3 is 0 Å². The summed E-state index contributed by atoms with van der Waals surface area (Å²) in [6.45, 7) is 3.74. The number of rotatable bonds is 4. The summed E-state index contributed by atoms with van der Waals surface area (Å²) in [5.41, 5.74) is 9.88. The van der Waals surface area contributed by atoms with Crippen molar-refractivity contribution >= 4 is 28.1 Å². The summed E-state index contributed by atoms with van der Waals surface area (Å²) in [4.78, 5) is 36.2. The highest BCUT2D eigenvalue weighted by Gasteiger charge is 2.23. The molecular formula is C32H25N7O2. The first-order chi connectivity index (χ1) is 19.9. The van der Waals surface area contributed by atoms with E-state index in [0.717, 1.165) is 11.3 Å². The van der Waals surface area contributed by atoms with E-state index in [1.165, 1.54) is 4.52 Å². The molecule has 3 N–H and O–H groups in total. The van der Waals surface area contributed by atoms with Crippen LogP contribution in [-0.4, -0.2) is 30.1 Å². The second kappa shape index (κ2) is 10.4. The van der Waals surface area contributed by atoms with Gasteiger partial charge in [-0.25, -0.2) is 9.50 Å². The number of nitrogens with one attached hydrogen (secondary N) is 1. The number of carbonyl (C=O) groups is 1. The van der Waals surface area contributed by atoms with Crippen molar-refractivity contribution in [3.63, 3.8) is 0 Å². The van der Waals surface area contributed by atoms with Gasteiger partial charge in [-0.2, -0.15) is 0 Å². The fourth-order valence-corrected chi connectivity index (χ4v) is 4.79. The van der Waals surface area contributed by atoms with Gasteiger partial charge in [0.25, 0.3) is 11.5 Å². The lowest BCUT2D eigenvalue weighted by Crippen LogP contribution is -2.32. The Kier molecular flexibility index (Phi) is 6.49. The minimum absolute atomic E-state index is 0.0688. The molecule has 200 valence electrons. The number of amides is 1. The molecule has 0 fully saturated rings. The number of nitrogens with zero attached hydrogens (tertiary/aromatic N) is 5. The van der Waals surface area contributed by atoms with Gasteiger partial charge in [-0.15, -0.1) is 5.10 Å². The largest absolute Gasteiger partial charge is 0.381 e. The van der Waals surface area contributed by atoms with E-state index >= 15 is 0 Å². The normalized spacial score (nSPS) is 11.7. The summed E-state index contributed by atoms with van der Waals surface area (Å²) in [7, 11) is 0. The van der Waals surface area contributed by atoms with E-state index in [-0.39, 0.29) is 16.9 Å². The summed E-state index contributed by atoms with van der Waals surface area (Å²) >= 11 is 0. The first-order valence-electron chi connectivity index (χ1n) is 13.0. The number of hydrogen-bond acceptors (Lipinski definition) is 6. The number of fused-ring (bicyclic) bond motifs is 2. The van der Waals surface area contributed by atoms with Crippen molar-refractivity contribution in [1.82, 2.24) is 29.5 Å². The van der Waals surface area contributed by atoms with Crippen molar-refractivity contribution in [1.29, 1.82) is 0 Å². The number of nitrogen functional groups attached to an aromatic ring is 1. The Morgan fingerprint density at radius 1 is 1.00 bits per heavy atom. The van der Waals surface area contributed by atoms with Crippen molar-refractivity contribution in [2.45, 2.75) is 19.9 Å². The first-order valence-corrected chi connectivity index (χ1v) is 13.0. The number of para-hydroxylation sites is 1. The summed E-state index contributed by atoms with van der Waals surface area (Å²) in [5.74, 6) is 5.91. The second-order valence-electron chi connectivity index (χ2n) is 9.60. The molecule has 41 heavy (non-hydrogen) atoms. The number of carbonyl (C=O) groups excluding carboxylic acids is 1. The van der Waals surface area contributed by atoms with E-state index in [1.807, 2.05) is 80.6 Å².